The van der Waals surface area contributed by atoms with Crippen LogP contribution in [-0.2, 0) is 9.59 Å². The summed E-state index contributed by atoms with van der Waals surface area (Å²) < 4.78 is 5.02. The number of amides is 2. The van der Waals surface area contributed by atoms with E-state index in [9.17, 15) is 19.5 Å². The molecule has 0 saturated carbocycles. The van der Waals surface area contributed by atoms with E-state index in [0.29, 0.717) is 11.3 Å². The van der Waals surface area contributed by atoms with Crippen molar-refractivity contribution in [3.05, 3.63) is 59.2 Å². The molecule has 0 radical (unpaired) electrons. The molecule has 0 bridgehead atoms. The van der Waals surface area contributed by atoms with Crippen LogP contribution >= 0.6 is 12.2 Å². The summed E-state index contributed by atoms with van der Waals surface area (Å²) in [6.07, 6.45) is 1.35. The maximum Gasteiger partial charge on any atom is 0.335 e. The molecule has 142 valence electrons. The Labute approximate surface area is 164 Å². The maximum atomic E-state index is 12.9. The normalized spacial score (nSPS) is 15.5. The monoisotopic (exact) mass is 398 g/mol. The number of phenols is 1. The van der Waals surface area contributed by atoms with Gasteiger partial charge in [0, 0.05) is 0 Å². The second-order valence-corrected chi connectivity index (χ2v) is 6.13. The number of rotatable bonds is 4. The van der Waals surface area contributed by atoms with Crippen molar-refractivity contribution in [3.8, 4) is 11.5 Å². The highest BCUT2D eigenvalue weighted by atomic mass is 32.1. The zero-order valence-corrected chi connectivity index (χ0v) is 15.3. The van der Waals surface area contributed by atoms with Gasteiger partial charge in [-0.3, -0.25) is 19.8 Å². The van der Waals surface area contributed by atoms with Gasteiger partial charge in [0.1, 0.15) is 5.57 Å². The van der Waals surface area contributed by atoms with Gasteiger partial charge >= 0.3 is 5.97 Å². The lowest BCUT2D eigenvalue weighted by atomic mass is 10.1. The van der Waals surface area contributed by atoms with Crippen LogP contribution < -0.4 is 15.0 Å². The molecule has 1 aliphatic rings. The molecule has 2 amide bonds. The summed E-state index contributed by atoms with van der Waals surface area (Å²) in [5.74, 6) is -2.32. The third kappa shape index (κ3) is 3.55. The smallest absolute Gasteiger partial charge is 0.335 e. The Bertz CT molecular complexity index is 1030. The number of benzene rings is 2. The first-order valence-corrected chi connectivity index (χ1v) is 8.34. The molecule has 8 nitrogen and oxygen atoms in total. The van der Waals surface area contributed by atoms with Gasteiger partial charge in [0.15, 0.2) is 16.6 Å². The number of carboxylic acid groups (broad SMARTS) is 1. The van der Waals surface area contributed by atoms with Gasteiger partial charge in [-0.05, 0) is 60.3 Å². The number of phenolic OH excluding ortho intramolecular Hbond substituents is 1. The number of carbonyl (C=O) groups is 3. The van der Waals surface area contributed by atoms with Crippen molar-refractivity contribution in [2.24, 2.45) is 0 Å². The van der Waals surface area contributed by atoms with E-state index in [0.717, 1.165) is 4.90 Å². The van der Waals surface area contributed by atoms with Gasteiger partial charge in [-0.2, -0.15) is 0 Å². The number of aromatic hydroxyl groups is 1. The van der Waals surface area contributed by atoms with Crippen LogP contribution in [0.1, 0.15) is 15.9 Å². The Kier molecular flexibility index (Phi) is 5.10. The van der Waals surface area contributed by atoms with E-state index in [1.807, 2.05) is 0 Å². The van der Waals surface area contributed by atoms with Crippen molar-refractivity contribution in [3.63, 3.8) is 0 Å². The van der Waals surface area contributed by atoms with Crippen LogP contribution in [0.5, 0.6) is 11.5 Å². The molecule has 1 saturated heterocycles. The number of hydrogen-bond acceptors (Lipinski definition) is 6. The van der Waals surface area contributed by atoms with E-state index < -0.39 is 17.8 Å². The SMILES string of the molecule is COc1cc(/C=C2\C(=O)NC(=S)N(c3ccc(C(=O)O)cc3)C2=O)ccc1O. The van der Waals surface area contributed by atoms with Crippen LogP contribution in [0.15, 0.2) is 48.0 Å². The third-order valence-corrected chi connectivity index (χ3v) is 4.27. The maximum absolute atomic E-state index is 12.9. The number of hydrogen-bond donors (Lipinski definition) is 3. The van der Waals surface area contributed by atoms with Crippen LogP contribution in [0.2, 0.25) is 0 Å². The summed E-state index contributed by atoms with van der Waals surface area (Å²) in [5, 5.41) is 21.0. The third-order valence-electron chi connectivity index (χ3n) is 3.99. The van der Waals surface area contributed by atoms with Crippen LogP contribution in [-0.4, -0.2) is 40.2 Å². The predicted molar refractivity (Wildman–Crippen MR) is 104 cm³/mol. The highest BCUT2D eigenvalue weighted by molar-refractivity contribution is 7.80. The zero-order chi connectivity index (χ0) is 20.4. The summed E-state index contributed by atoms with van der Waals surface area (Å²) in [7, 11) is 1.38. The first-order chi connectivity index (χ1) is 13.3. The van der Waals surface area contributed by atoms with E-state index in [4.69, 9.17) is 22.1 Å². The Balaban J connectivity index is 1.99. The highest BCUT2D eigenvalue weighted by Crippen LogP contribution is 2.28. The standard InChI is InChI=1S/C19H14N2O6S/c1-27-15-9-10(2-7-14(15)22)8-13-16(23)20-19(28)21(17(13)24)12-5-3-11(4-6-12)18(25)26/h2-9,22H,1H3,(H,25,26)(H,20,23,28)/b13-8+. The molecule has 2 aromatic carbocycles. The molecule has 3 N–H and O–H groups in total. The molecule has 0 spiro atoms. The van der Waals surface area contributed by atoms with Crippen molar-refractivity contribution >= 4 is 46.9 Å². The summed E-state index contributed by atoms with van der Waals surface area (Å²) in [5.41, 5.74) is 0.648. The molecule has 0 atom stereocenters. The van der Waals surface area contributed by atoms with Gasteiger partial charge in [-0.1, -0.05) is 6.07 Å². The summed E-state index contributed by atoms with van der Waals surface area (Å²) in [6.45, 7) is 0. The predicted octanol–water partition coefficient (Wildman–Crippen LogP) is 1.93. The number of nitrogens with one attached hydrogen (secondary N) is 1. The van der Waals surface area contributed by atoms with Crippen molar-refractivity contribution in [1.29, 1.82) is 0 Å². The minimum absolute atomic E-state index is 0.0510. The van der Waals surface area contributed by atoms with E-state index in [1.165, 1.54) is 55.7 Å². The number of nitrogens with zero attached hydrogens (tertiary/aromatic N) is 1. The van der Waals surface area contributed by atoms with Gasteiger partial charge in [0.2, 0.25) is 0 Å². The summed E-state index contributed by atoms with van der Waals surface area (Å²) >= 11 is 5.10. The number of anilines is 1. The quantitative estimate of drug-likeness (QED) is 0.409. The second kappa shape index (κ2) is 7.49. The van der Waals surface area contributed by atoms with Crippen molar-refractivity contribution in [2.75, 3.05) is 12.0 Å². The Morgan fingerprint density at radius 1 is 1.18 bits per heavy atom. The van der Waals surface area contributed by atoms with Gasteiger partial charge in [0.25, 0.3) is 11.8 Å². The van der Waals surface area contributed by atoms with Crippen molar-refractivity contribution in [2.45, 2.75) is 0 Å². The number of ether oxygens (including phenoxy) is 1. The first-order valence-electron chi connectivity index (χ1n) is 7.93. The minimum Gasteiger partial charge on any atom is -0.504 e. The molecular formula is C19H14N2O6S. The van der Waals surface area contributed by atoms with Gasteiger partial charge in [-0.25, -0.2) is 4.79 Å². The lowest BCUT2D eigenvalue weighted by molar-refractivity contribution is -0.122. The molecule has 1 heterocycles. The average Bonchev–Trinajstić information content (AvgIpc) is 2.66. The molecular weight excluding hydrogens is 384 g/mol. The molecule has 0 unspecified atom stereocenters. The first kappa shape index (κ1) is 19.1. The summed E-state index contributed by atoms with van der Waals surface area (Å²) in [4.78, 5) is 37.3. The second-order valence-electron chi connectivity index (χ2n) is 5.74. The lowest BCUT2D eigenvalue weighted by Gasteiger charge is -2.29. The fourth-order valence-electron chi connectivity index (χ4n) is 2.60. The topological polar surface area (TPSA) is 116 Å². The molecule has 3 rings (SSSR count). The van der Waals surface area contributed by atoms with Gasteiger partial charge in [0.05, 0.1) is 18.4 Å². The van der Waals surface area contributed by atoms with Crippen LogP contribution in [0.4, 0.5) is 5.69 Å². The fraction of sp³-hybridized carbons (Fsp3) is 0.0526. The van der Waals surface area contributed by atoms with Gasteiger partial charge < -0.3 is 14.9 Å². The lowest BCUT2D eigenvalue weighted by Crippen LogP contribution is -2.54. The van der Waals surface area contributed by atoms with E-state index in [2.05, 4.69) is 5.32 Å². The molecule has 0 aliphatic carbocycles. The Hall–Kier alpha value is -3.72. The van der Waals surface area contributed by atoms with Crippen LogP contribution in [0.3, 0.4) is 0 Å². The van der Waals surface area contributed by atoms with Crippen molar-refractivity contribution in [1.82, 2.24) is 5.32 Å². The zero-order valence-electron chi connectivity index (χ0n) is 14.5. The highest BCUT2D eigenvalue weighted by Gasteiger charge is 2.34. The van der Waals surface area contributed by atoms with Crippen molar-refractivity contribution < 1.29 is 29.3 Å². The largest absolute Gasteiger partial charge is 0.504 e. The molecule has 1 aliphatic heterocycles. The number of methoxy groups -OCH3 is 1. The number of aromatic carboxylic acids is 1. The molecule has 28 heavy (non-hydrogen) atoms. The molecule has 1 fully saturated rings. The number of thiocarbonyl (C=S) groups is 1. The van der Waals surface area contributed by atoms with E-state index >= 15 is 0 Å². The molecule has 2 aromatic rings. The minimum atomic E-state index is -1.10. The van der Waals surface area contributed by atoms with E-state index in [-0.39, 0.29) is 27.7 Å². The fourth-order valence-corrected chi connectivity index (χ4v) is 2.88. The van der Waals surface area contributed by atoms with Gasteiger partial charge in [-0.15, -0.1) is 0 Å². The number of carboxylic acids is 1. The van der Waals surface area contributed by atoms with E-state index in [1.54, 1.807) is 0 Å². The summed E-state index contributed by atoms with van der Waals surface area (Å²) in [6, 6.07) is 9.88. The van der Waals surface area contributed by atoms with Crippen LogP contribution in [0, 0.1) is 0 Å². The Morgan fingerprint density at radius 2 is 1.86 bits per heavy atom. The average molecular weight is 398 g/mol. The Morgan fingerprint density at radius 3 is 2.46 bits per heavy atom. The molecule has 0 aromatic heterocycles. The molecule has 9 heteroatoms. The number of carbonyl (C=O) groups excluding carboxylic acids is 2. The van der Waals surface area contributed by atoms with Crippen LogP contribution in [0.25, 0.3) is 6.08 Å².